The fourth-order valence-corrected chi connectivity index (χ4v) is 3.27. The maximum atomic E-state index is 12.9. The van der Waals surface area contributed by atoms with E-state index in [1.54, 1.807) is 29.6 Å². The summed E-state index contributed by atoms with van der Waals surface area (Å²) >= 11 is 0. The number of fused-ring (bicyclic) bond motifs is 1. The van der Waals surface area contributed by atoms with Crippen LogP contribution in [-0.2, 0) is 0 Å². The average molecular weight is 338 g/mol. The number of nitrogens with one attached hydrogen (secondary N) is 1. The molecule has 1 saturated heterocycles. The van der Waals surface area contributed by atoms with Crippen LogP contribution in [0.3, 0.4) is 0 Å². The van der Waals surface area contributed by atoms with Crippen molar-refractivity contribution >= 4 is 11.7 Å². The number of hydrogen-bond acceptors (Lipinski definition) is 5. The second-order valence-corrected chi connectivity index (χ2v) is 6.24. The molecule has 8 heteroatoms. The first-order chi connectivity index (χ1) is 12.1. The first-order valence-corrected chi connectivity index (χ1v) is 8.29. The first-order valence-electron chi connectivity index (χ1n) is 8.29. The van der Waals surface area contributed by atoms with Gasteiger partial charge in [-0.3, -0.25) is 19.0 Å². The van der Waals surface area contributed by atoms with Gasteiger partial charge in [0.25, 0.3) is 11.5 Å². The molecule has 1 aliphatic heterocycles. The monoisotopic (exact) mass is 338 g/mol. The fraction of sp³-hybridized carbons (Fsp3) is 0.353. The minimum Gasteiger partial charge on any atom is -0.329 e. The molecule has 0 radical (unpaired) electrons. The van der Waals surface area contributed by atoms with Gasteiger partial charge in [-0.2, -0.15) is 0 Å². The predicted molar refractivity (Wildman–Crippen MR) is 90.2 cm³/mol. The smallest absolute Gasteiger partial charge is 0.274 e. The number of amides is 1. The number of aromatic nitrogens is 5. The fourth-order valence-electron chi connectivity index (χ4n) is 3.27. The molecule has 1 amide bonds. The molecule has 25 heavy (non-hydrogen) atoms. The standard InChI is InChI=1S/C17H18N6O2/c1-11-9-20-13(10-19-11)16(25)22-6-3-2-4-14(22)12-8-15(24)23-7-5-18-17(23)21-12/h5,7-10,14H,2-4,6H2,1H3,(H,18,21)/t14-/m0/s1. The zero-order valence-electron chi connectivity index (χ0n) is 13.8. The summed E-state index contributed by atoms with van der Waals surface area (Å²) in [4.78, 5) is 42.6. The van der Waals surface area contributed by atoms with Gasteiger partial charge in [-0.1, -0.05) is 0 Å². The highest BCUT2D eigenvalue weighted by molar-refractivity contribution is 5.92. The van der Waals surface area contributed by atoms with E-state index in [2.05, 4.69) is 19.9 Å². The van der Waals surface area contributed by atoms with Gasteiger partial charge in [-0.15, -0.1) is 0 Å². The molecule has 1 fully saturated rings. The molecule has 1 N–H and O–H groups in total. The van der Waals surface area contributed by atoms with Gasteiger partial charge in [0.05, 0.1) is 17.9 Å². The number of piperidine rings is 1. The van der Waals surface area contributed by atoms with Crippen molar-refractivity contribution in [3.63, 3.8) is 0 Å². The number of aromatic amines is 1. The Kier molecular flexibility index (Phi) is 3.79. The van der Waals surface area contributed by atoms with Crippen LogP contribution in [0.15, 0.2) is 35.6 Å². The van der Waals surface area contributed by atoms with E-state index in [1.807, 2.05) is 6.92 Å². The van der Waals surface area contributed by atoms with Crippen molar-refractivity contribution in [3.05, 3.63) is 58.3 Å². The number of H-pyrrole nitrogens is 1. The molecule has 0 spiro atoms. The van der Waals surface area contributed by atoms with Gasteiger partial charge >= 0.3 is 0 Å². The maximum Gasteiger partial charge on any atom is 0.274 e. The second-order valence-electron chi connectivity index (χ2n) is 6.24. The van der Waals surface area contributed by atoms with Crippen LogP contribution in [0.5, 0.6) is 0 Å². The summed E-state index contributed by atoms with van der Waals surface area (Å²) in [5.74, 6) is 0.317. The molecule has 3 aromatic heterocycles. The van der Waals surface area contributed by atoms with Crippen molar-refractivity contribution in [1.29, 1.82) is 0 Å². The van der Waals surface area contributed by atoms with Gasteiger partial charge in [0, 0.05) is 36.9 Å². The molecule has 0 bridgehead atoms. The highest BCUT2D eigenvalue weighted by Crippen LogP contribution is 2.30. The average Bonchev–Trinajstić information content (AvgIpc) is 3.11. The normalized spacial score (nSPS) is 17.8. The van der Waals surface area contributed by atoms with Crippen LogP contribution in [0.2, 0.25) is 0 Å². The Morgan fingerprint density at radius 2 is 2.12 bits per heavy atom. The van der Waals surface area contributed by atoms with Crippen LogP contribution in [0, 0.1) is 6.92 Å². The van der Waals surface area contributed by atoms with E-state index in [-0.39, 0.29) is 17.5 Å². The lowest BCUT2D eigenvalue weighted by molar-refractivity contribution is 0.0599. The largest absolute Gasteiger partial charge is 0.329 e. The Hall–Kier alpha value is -3.03. The van der Waals surface area contributed by atoms with E-state index in [0.717, 1.165) is 25.0 Å². The molecule has 8 nitrogen and oxygen atoms in total. The quantitative estimate of drug-likeness (QED) is 0.763. The zero-order chi connectivity index (χ0) is 17.4. The number of hydrogen-bond donors (Lipinski definition) is 1. The molecule has 0 saturated carbocycles. The Morgan fingerprint density at radius 1 is 1.24 bits per heavy atom. The number of carbonyl (C=O) groups excluding carboxylic acids is 1. The van der Waals surface area contributed by atoms with Gasteiger partial charge < -0.3 is 9.88 Å². The Balaban J connectivity index is 1.71. The topological polar surface area (TPSA) is 96.3 Å². The number of rotatable bonds is 2. The number of nitrogens with zero attached hydrogens (tertiary/aromatic N) is 5. The van der Waals surface area contributed by atoms with Gasteiger partial charge in [0.1, 0.15) is 5.69 Å². The molecule has 0 aromatic carbocycles. The van der Waals surface area contributed by atoms with E-state index in [4.69, 9.17) is 0 Å². The lowest BCUT2D eigenvalue weighted by atomic mass is 9.98. The molecule has 3 aromatic rings. The number of likely N-dealkylation sites (tertiary alicyclic amines) is 1. The maximum absolute atomic E-state index is 12.9. The lowest BCUT2D eigenvalue weighted by Crippen LogP contribution is -2.39. The van der Waals surface area contributed by atoms with Crippen molar-refractivity contribution < 1.29 is 4.79 Å². The summed E-state index contributed by atoms with van der Waals surface area (Å²) in [5.41, 5.74) is 1.63. The van der Waals surface area contributed by atoms with E-state index in [0.29, 0.717) is 23.7 Å². The Morgan fingerprint density at radius 3 is 2.92 bits per heavy atom. The molecule has 4 heterocycles. The zero-order valence-corrected chi connectivity index (χ0v) is 13.8. The van der Waals surface area contributed by atoms with Crippen LogP contribution in [-0.4, -0.2) is 41.7 Å². The van der Waals surface area contributed by atoms with Crippen LogP contribution in [0.1, 0.15) is 47.2 Å². The van der Waals surface area contributed by atoms with Gasteiger partial charge in [0.15, 0.2) is 0 Å². The molecule has 128 valence electrons. The van der Waals surface area contributed by atoms with Gasteiger partial charge in [0.2, 0.25) is 5.78 Å². The molecular weight excluding hydrogens is 320 g/mol. The summed E-state index contributed by atoms with van der Waals surface area (Å²) < 4.78 is 1.45. The van der Waals surface area contributed by atoms with Gasteiger partial charge in [-0.05, 0) is 26.2 Å². The third-order valence-electron chi connectivity index (χ3n) is 4.54. The summed E-state index contributed by atoms with van der Waals surface area (Å²) in [6.45, 7) is 2.45. The molecular formula is C17H18N6O2. The van der Waals surface area contributed by atoms with Crippen molar-refractivity contribution in [2.24, 2.45) is 0 Å². The molecule has 1 aliphatic rings. The summed E-state index contributed by atoms with van der Waals surface area (Å²) in [7, 11) is 0. The molecule has 0 unspecified atom stereocenters. The number of carbonyl (C=O) groups is 1. The minimum atomic E-state index is -0.196. The van der Waals surface area contributed by atoms with Crippen molar-refractivity contribution in [2.75, 3.05) is 6.54 Å². The van der Waals surface area contributed by atoms with Crippen molar-refractivity contribution in [1.82, 2.24) is 29.2 Å². The summed E-state index contributed by atoms with van der Waals surface area (Å²) in [6, 6.07) is 1.35. The Labute approximate surface area is 143 Å². The number of aryl methyl sites for hydroxylation is 1. The Bertz CT molecular complexity index is 975. The van der Waals surface area contributed by atoms with Crippen molar-refractivity contribution in [2.45, 2.75) is 32.2 Å². The molecule has 4 rings (SSSR count). The highest BCUT2D eigenvalue weighted by atomic mass is 16.2. The van der Waals surface area contributed by atoms with Crippen LogP contribution >= 0.6 is 0 Å². The highest BCUT2D eigenvalue weighted by Gasteiger charge is 2.30. The van der Waals surface area contributed by atoms with E-state index in [9.17, 15) is 9.59 Å². The van der Waals surface area contributed by atoms with Crippen LogP contribution in [0.25, 0.3) is 5.78 Å². The lowest BCUT2D eigenvalue weighted by Gasteiger charge is -2.35. The molecule has 0 aliphatic carbocycles. The van der Waals surface area contributed by atoms with Crippen LogP contribution < -0.4 is 5.56 Å². The molecule has 1 atom stereocenters. The van der Waals surface area contributed by atoms with Crippen molar-refractivity contribution in [3.8, 4) is 0 Å². The van der Waals surface area contributed by atoms with Crippen LogP contribution in [0.4, 0.5) is 0 Å². The predicted octanol–water partition coefficient (Wildman–Crippen LogP) is 1.49. The summed E-state index contributed by atoms with van der Waals surface area (Å²) in [6.07, 6.45) is 8.99. The second kappa shape index (κ2) is 6.12. The third-order valence-corrected chi connectivity index (χ3v) is 4.54. The third kappa shape index (κ3) is 2.79. The number of imidazole rings is 1. The first kappa shape index (κ1) is 15.5. The van der Waals surface area contributed by atoms with E-state index >= 15 is 0 Å². The SMILES string of the molecule is Cc1cnc(C(=O)N2CCCC[C@H]2c2cc(=O)n3ccnc3[nH]2)cn1. The van der Waals surface area contributed by atoms with E-state index < -0.39 is 0 Å². The summed E-state index contributed by atoms with van der Waals surface area (Å²) in [5, 5.41) is 0. The van der Waals surface area contributed by atoms with Gasteiger partial charge in [-0.25, -0.2) is 9.97 Å². The minimum absolute atomic E-state index is 0.158. The van der Waals surface area contributed by atoms with E-state index in [1.165, 1.54) is 10.6 Å².